The summed E-state index contributed by atoms with van der Waals surface area (Å²) in [5.41, 5.74) is 2.03. The highest BCUT2D eigenvalue weighted by atomic mass is 35.5. The molecule has 7 nitrogen and oxygen atoms in total. The minimum Gasteiger partial charge on any atom is -0.504 e. The lowest BCUT2D eigenvalue weighted by molar-refractivity contribution is 0.318. The van der Waals surface area contributed by atoms with E-state index in [9.17, 15) is 9.90 Å². The second-order valence-electron chi connectivity index (χ2n) is 5.84. The van der Waals surface area contributed by atoms with Gasteiger partial charge in [-0.3, -0.25) is 4.79 Å². The predicted molar refractivity (Wildman–Crippen MR) is 105 cm³/mol. The van der Waals surface area contributed by atoms with E-state index < -0.39 is 0 Å². The number of aromatic hydroxyl groups is 1. The SMILES string of the molecule is CCOc1cc(/C=N/n2cnc3c([nH]c4ccc(Cl)cc43)c2=O)ccc1O. The van der Waals surface area contributed by atoms with Crippen LogP contribution in [0.5, 0.6) is 11.5 Å². The molecule has 0 aliphatic heterocycles. The molecular formula is C19H15ClN4O3. The van der Waals surface area contributed by atoms with Crippen LogP contribution in [0.3, 0.4) is 0 Å². The molecule has 4 aromatic rings. The maximum absolute atomic E-state index is 12.7. The zero-order chi connectivity index (χ0) is 19.0. The van der Waals surface area contributed by atoms with Crippen LogP contribution in [0.2, 0.25) is 5.02 Å². The number of hydrogen-bond donors (Lipinski definition) is 2. The second-order valence-corrected chi connectivity index (χ2v) is 6.27. The number of halogens is 1. The van der Waals surface area contributed by atoms with E-state index >= 15 is 0 Å². The summed E-state index contributed by atoms with van der Waals surface area (Å²) in [7, 11) is 0. The molecule has 0 aliphatic rings. The number of benzene rings is 2. The van der Waals surface area contributed by atoms with Crippen molar-refractivity contribution >= 4 is 39.8 Å². The molecule has 0 saturated heterocycles. The third-order valence-corrected chi connectivity index (χ3v) is 4.30. The summed E-state index contributed by atoms with van der Waals surface area (Å²) < 4.78 is 6.49. The van der Waals surface area contributed by atoms with E-state index in [2.05, 4.69) is 15.1 Å². The van der Waals surface area contributed by atoms with Gasteiger partial charge >= 0.3 is 0 Å². The highest BCUT2D eigenvalue weighted by Gasteiger charge is 2.11. The Kier molecular flexibility index (Phi) is 4.29. The van der Waals surface area contributed by atoms with Gasteiger partial charge in [-0.25, -0.2) is 4.98 Å². The van der Waals surface area contributed by atoms with Crippen LogP contribution in [0.25, 0.3) is 21.9 Å². The molecule has 0 aliphatic carbocycles. The van der Waals surface area contributed by atoms with E-state index in [0.29, 0.717) is 34.0 Å². The first-order valence-corrected chi connectivity index (χ1v) is 8.63. The molecule has 2 N–H and O–H groups in total. The van der Waals surface area contributed by atoms with E-state index in [4.69, 9.17) is 16.3 Å². The van der Waals surface area contributed by atoms with Gasteiger partial charge in [-0.1, -0.05) is 11.6 Å². The Bertz CT molecular complexity index is 1240. The lowest BCUT2D eigenvalue weighted by atomic mass is 10.2. The number of ether oxygens (including phenoxy) is 1. The Morgan fingerprint density at radius 2 is 2.19 bits per heavy atom. The summed E-state index contributed by atoms with van der Waals surface area (Å²) in [6, 6.07) is 10.1. The number of H-pyrrole nitrogens is 1. The van der Waals surface area contributed by atoms with Crippen LogP contribution in [-0.2, 0) is 0 Å². The van der Waals surface area contributed by atoms with Crippen LogP contribution in [0.1, 0.15) is 12.5 Å². The van der Waals surface area contributed by atoms with E-state index in [1.54, 1.807) is 30.3 Å². The Morgan fingerprint density at radius 3 is 3.00 bits per heavy atom. The molecule has 2 aromatic carbocycles. The summed E-state index contributed by atoms with van der Waals surface area (Å²) in [4.78, 5) is 20.1. The van der Waals surface area contributed by atoms with Crippen molar-refractivity contribution in [1.82, 2.24) is 14.6 Å². The fraction of sp³-hybridized carbons (Fsp3) is 0.105. The first-order valence-electron chi connectivity index (χ1n) is 8.25. The number of aromatic amines is 1. The van der Waals surface area contributed by atoms with Crippen molar-refractivity contribution in [1.29, 1.82) is 0 Å². The summed E-state index contributed by atoms with van der Waals surface area (Å²) in [5.74, 6) is 0.404. The van der Waals surface area contributed by atoms with Gasteiger partial charge in [-0.2, -0.15) is 9.78 Å². The fourth-order valence-corrected chi connectivity index (χ4v) is 2.98. The van der Waals surface area contributed by atoms with E-state index in [-0.39, 0.29) is 11.3 Å². The van der Waals surface area contributed by atoms with Gasteiger partial charge in [0, 0.05) is 15.9 Å². The maximum Gasteiger partial charge on any atom is 0.298 e. The molecule has 0 radical (unpaired) electrons. The summed E-state index contributed by atoms with van der Waals surface area (Å²) >= 11 is 6.03. The largest absolute Gasteiger partial charge is 0.504 e. The monoisotopic (exact) mass is 382 g/mol. The molecule has 4 rings (SSSR count). The fourth-order valence-electron chi connectivity index (χ4n) is 2.81. The van der Waals surface area contributed by atoms with Gasteiger partial charge < -0.3 is 14.8 Å². The average molecular weight is 383 g/mol. The zero-order valence-corrected chi connectivity index (χ0v) is 15.1. The molecule has 0 spiro atoms. The zero-order valence-electron chi connectivity index (χ0n) is 14.3. The van der Waals surface area contributed by atoms with Crippen molar-refractivity contribution in [3.05, 3.63) is 63.7 Å². The van der Waals surface area contributed by atoms with E-state index in [1.807, 2.05) is 6.92 Å². The molecule has 2 heterocycles. The third-order valence-electron chi connectivity index (χ3n) is 4.07. The number of hydrogen-bond acceptors (Lipinski definition) is 5. The Labute approximate surface area is 158 Å². The van der Waals surface area contributed by atoms with Gasteiger partial charge in [0.25, 0.3) is 5.56 Å². The van der Waals surface area contributed by atoms with Crippen molar-refractivity contribution < 1.29 is 9.84 Å². The number of rotatable bonds is 4. The number of fused-ring (bicyclic) bond motifs is 3. The van der Waals surface area contributed by atoms with Crippen molar-refractivity contribution in [2.75, 3.05) is 6.61 Å². The van der Waals surface area contributed by atoms with Crippen LogP contribution in [0, 0.1) is 0 Å². The van der Waals surface area contributed by atoms with Crippen molar-refractivity contribution in [2.45, 2.75) is 6.92 Å². The lowest BCUT2D eigenvalue weighted by Crippen LogP contribution is -2.17. The van der Waals surface area contributed by atoms with Gasteiger partial charge in [0.15, 0.2) is 11.5 Å². The summed E-state index contributed by atoms with van der Waals surface area (Å²) in [6.07, 6.45) is 2.86. The van der Waals surface area contributed by atoms with Gasteiger partial charge in [0.05, 0.1) is 12.8 Å². The molecule has 0 atom stereocenters. The Balaban J connectivity index is 1.75. The molecule has 0 unspecified atom stereocenters. The van der Waals surface area contributed by atoms with Gasteiger partial charge in [0.1, 0.15) is 17.4 Å². The highest BCUT2D eigenvalue weighted by Crippen LogP contribution is 2.26. The lowest BCUT2D eigenvalue weighted by Gasteiger charge is -2.06. The third kappa shape index (κ3) is 3.13. The normalized spacial score (nSPS) is 11.6. The second kappa shape index (κ2) is 6.77. The standard InChI is InChI=1S/C19H15ClN4O3/c1-2-27-16-7-11(3-6-15(16)25)9-22-24-10-21-17-13-8-12(20)4-5-14(13)23-18(17)19(24)26/h3-10,23,25H,2H2,1H3/b22-9+. The average Bonchev–Trinajstić information content (AvgIpc) is 3.02. The highest BCUT2D eigenvalue weighted by molar-refractivity contribution is 6.31. The van der Waals surface area contributed by atoms with Gasteiger partial charge in [0.2, 0.25) is 0 Å². The first-order chi connectivity index (χ1) is 13.1. The van der Waals surface area contributed by atoms with Crippen LogP contribution in [0.4, 0.5) is 0 Å². The molecule has 27 heavy (non-hydrogen) atoms. The van der Waals surface area contributed by atoms with Crippen LogP contribution < -0.4 is 10.3 Å². The van der Waals surface area contributed by atoms with Crippen LogP contribution >= 0.6 is 11.6 Å². The molecular weight excluding hydrogens is 368 g/mol. The Morgan fingerprint density at radius 1 is 1.33 bits per heavy atom. The van der Waals surface area contributed by atoms with Gasteiger partial charge in [-0.15, -0.1) is 0 Å². The maximum atomic E-state index is 12.7. The number of phenols is 1. The van der Waals surface area contributed by atoms with Crippen LogP contribution in [-0.4, -0.2) is 32.6 Å². The molecule has 2 aromatic heterocycles. The van der Waals surface area contributed by atoms with Gasteiger partial charge in [-0.05, 0) is 48.9 Å². The molecule has 8 heteroatoms. The van der Waals surface area contributed by atoms with Crippen molar-refractivity contribution in [3.63, 3.8) is 0 Å². The topological polar surface area (TPSA) is 92.5 Å². The molecule has 0 amide bonds. The summed E-state index contributed by atoms with van der Waals surface area (Å²) in [5, 5.41) is 15.3. The minimum absolute atomic E-state index is 0.0472. The van der Waals surface area contributed by atoms with Crippen LogP contribution in [0.15, 0.2) is 52.6 Å². The number of nitrogens with one attached hydrogen (secondary N) is 1. The van der Waals surface area contributed by atoms with Crippen molar-refractivity contribution in [3.8, 4) is 11.5 Å². The molecule has 0 saturated carbocycles. The molecule has 136 valence electrons. The number of aromatic nitrogens is 3. The van der Waals surface area contributed by atoms with E-state index in [0.717, 1.165) is 15.6 Å². The summed E-state index contributed by atoms with van der Waals surface area (Å²) in [6.45, 7) is 2.26. The van der Waals surface area contributed by atoms with Crippen molar-refractivity contribution in [2.24, 2.45) is 5.10 Å². The van der Waals surface area contributed by atoms with E-state index in [1.165, 1.54) is 18.6 Å². The first kappa shape index (κ1) is 17.1. The Hall–Kier alpha value is -3.32. The number of nitrogens with zero attached hydrogens (tertiary/aromatic N) is 3. The molecule has 0 fully saturated rings. The smallest absolute Gasteiger partial charge is 0.298 e. The number of phenolic OH excluding ortho intramolecular Hbond substituents is 1. The predicted octanol–water partition coefficient (Wildman–Crippen LogP) is 3.52. The minimum atomic E-state index is -0.326. The quantitative estimate of drug-likeness (QED) is 0.528. The molecule has 0 bridgehead atoms.